The van der Waals surface area contributed by atoms with Crippen LogP contribution >= 0.6 is 0 Å². The summed E-state index contributed by atoms with van der Waals surface area (Å²) in [7, 11) is -3.30. The Morgan fingerprint density at radius 3 is 2.15 bits per heavy atom. The highest BCUT2D eigenvalue weighted by molar-refractivity contribution is 7.90. The fraction of sp³-hybridized carbons (Fsp3) is 0.350. The van der Waals surface area contributed by atoms with Gasteiger partial charge >= 0.3 is 0 Å². The first-order valence-corrected chi connectivity index (χ1v) is 10.6. The summed E-state index contributed by atoms with van der Waals surface area (Å²) in [5.41, 5.74) is 1.29. The highest BCUT2D eigenvalue weighted by atomic mass is 32.2. The van der Waals surface area contributed by atoms with Crippen molar-refractivity contribution in [1.82, 2.24) is 5.32 Å². The van der Waals surface area contributed by atoms with Crippen molar-refractivity contribution < 1.29 is 17.6 Å². The van der Waals surface area contributed by atoms with E-state index in [4.69, 9.17) is 0 Å². The molecule has 0 aliphatic heterocycles. The third kappa shape index (κ3) is 4.30. The van der Waals surface area contributed by atoms with Crippen LogP contribution in [0.3, 0.4) is 0 Å². The van der Waals surface area contributed by atoms with Crippen LogP contribution in [0.1, 0.15) is 47.6 Å². The largest absolute Gasteiger partial charge is 0.345 e. The number of rotatable bonds is 5. The molecule has 138 valence electrons. The van der Waals surface area contributed by atoms with Gasteiger partial charge in [0.2, 0.25) is 0 Å². The van der Waals surface area contributed by atoms with Gasteiger partial charge < -0.3 is 5.32 Å². The molecule has 1 amide bonds. The Morgan fingerprint density at radius 1 is 1.04 bits per heavy atom. The van der Waals surface area contributed by atoms with Crippen molar-refractivity contribution in [3.05, 3.63) is 65.5 Å². The number of nitrogens with one attached hydrogen (secondary N) is 1. The van der Waals surface area contributed by atoms with Crippen molar-refractivity contribution in [2.45, 2.75) is 36.6 Å². The quantitative estimate of drug-likeness (QED) is 0.862. The highest BCUT2D eigenvalue weighted by Crippen LogP contribution is 2.36. The summed E-state index contributed by atoms with van der Waals surface area (Å²) in [4.78, 5) is 12.9. The Bertz CT molecular complexity index is 870. The molecule has 26 heavy (non-hydrogen) atoms. The summed E-state index contributed by atoms with van der Waals surface area (Å²) in [6.45, 7) is 0. The van der Waals surface area contributed by atoms with E-state index in [-0.39, 0.29) is 22.7 Å². The molecule has 0 heterocycles. The van der Waals surface area contributed by atoms with Gasteiger partial charge in [0.05, 0.1) is 10.9 Å². The maximum atomic E-state index is 13.3. The maximum absolute atomic E-state index is 13.3. The second-order valence-corrected chi connectivity index (χ2v) is 8.86. The minimum atomic E-state index is -3.30. The Morgan fingerprint density at radius 2 is 1.62 bits per heavy atom. The number of hydrogen-bond acceptors (Lipinski definition) is 3. The lowest BCUT2D eigenvalue weighted by Gasteiger charge is -2.25. The Kier molecular flexibility index (Phi) is 5.41. The average molecular weight is 375 g/mol. The van der Waals surface area contributed by atoms with Crippen LogP contribution in [0.5, 0.6) is 0 Å². The molecule has 6 heteroatoms. The summed E-state index contributed by atoms with van der Waals surface area (Å²) in [6, 6.07) is 12.0. The predicted molar refractivity (Wildman–Crippen MR) is 98.1 cm³/mol. The van der Waals surface area contributed by atoms with E-state index in [2.05, 4.69) is 5.32 Å². The average Bonchev–Trinajstić information content (AvgIpc) is 3.14. The van der Waals surface area contributed by atoms with Gasteiger partial charge in [0.15, 0.2) is 9.84 Å². The first kappa shape index (κ1) is 18.6. The van der Waals surface area contributed by atoms with Crippen LogP contribution in [-0.4, -0.2) is 20.6 Å². The zero-order valence-corrected chi connectivity index (χ0v) is 15.4. The fourth-order valence-electron chi connectivity index (χ4n) is 3.51. The molecule has 0 bridgehead atoms. The van der Waals surface area contributed by atoms with Crippen LogP contribution in [0, 0.1) is 11.7 Å². The minimum Gasteiger partial charge on any atom is -0.345 e. The topological polar surface area (TPSA) is 63.2 Å². The molecule has 0 saturated heterocycles. The van der Waals surface area contributed by atoms with Crippen LogP contribution in [0.2, 0.25) is 0 Å². The number of carbonyl (C=O) groups excluding carboxylic acids is 1. The predicted octanol–water partition coefficient (Wildman–Crippen LogP) is 3.89. The zero-order chi connectivity index (χ0) is 18.7. The summed E-state index contributed by atoms with van der Waals surface area (Å²) in [5.74, 6) is -0.243. The zero-order valence-electron chi connectivity index (χ0n) is 14.6. The third-order valence-electron chi connectivity index (χ3n) is 4.93. The smallest absolute Gasteiger partial charge is 0.251 e. The van der Waals surface area contributed by atoms with Crippen LogP contribution in [-0.2, 0) is 9.84 Å². The summed E-state index contributed by atoms with van der Waals surface area (Å²) < 4.78 is 36.3. The molecule has 1 N–H and O–H groups in total. The number of benzene rings is 2. The molecule has 1 saturated carbocycles. The molecule has 2 aromatic rings. The van der Waals surface area contributed by atoms with Crippen molar-refractivity contribution in [3.8, 4) is 0 Å². The van der Waals surface area contributed by atoms with Gasteiger partial charge in [-0.05, 0) is 60.7 Å². The van der Waals surface area contributed by atoms with E-state index in [1.165, 1.54) is 36.4 Å². The molecule has 3 rings (SSSR count). The lowest BCUT2D eigenvalue weighted by Crippen LogP contribution is -2.32. The van der Waals surface area contributed by atoms with Gasteiger partial charge in [-0.3, -0.25) is 4.79 Å². The third-order valence-corrected chi connectivity index (χ3v) is 6.06. The Balaban J connectivity index is 1.81. The lowest BCUT2D eigenvalue weighted by atomic mass is 9.91. The molecular formula is C20H22FNO3S. The second-order valence-electron chi connectivity index (χ2n) is 6.84. The molecule has 1 atom stereocenters. The molecule has 4 nitrogen and oxygen atoms in total. The summed E-state index contributed by atoms with van der Waals surface area (Å²) >= 11 is 0. The van der Waals surface area contributed by atoms with E-state index in [1.54, 1.807) is 12.1 Å². The van der Waals surface area contributed by atoms with Crippen LogP contribution < -0.4 is 5.32 Å². The number of carbonyl (C=O) groups is 1. The molecular weight excluding hydrogens is 353 g/mol. The molecule has 0 radical (unpaired) electrons. The van der Waals surface area contributed by atoms with Crippen molar-refractivity contribution in [2.24, 2.45) is 5.92 Å². The standard InChI is InChI=1S/C20H22FNO3S/c1-26(24,25)18-12-8-16(9-13-18)20(23)22-19(14-4-2-3-5-14)15-6-10-17(21)11-7-15/h6-14,19H,2-5H2,1H3,(H,22,23). The summed E-state index contributed by atoms with van der Waals surface area (Å²) in [6.07, 6.45) is 5.43. The Hall–Kier alpha value is -2.21. The van der Waals surface area contributed by atoms with E-state index in [0.29, 0.717) is 11.5 Å². The number of hydrogen-bond donors (Lipinski definition) is 1. The molecule has 2 aromatic carbocycles. The monoisotopic (exact) mass is 375 g/mol. The molecule has 1 aliphatic rings. The minimum absolute atomic E-state index is 0.180. The van der Waals surface area contributed by atoms with E-state index in [9.17, 15) is 17.6 Å². The van der Waals surface area contributed by atoms with Gasteiger partial charge in [-0.15, -0.1) is 0 Å². The van der Waals surface area contributed by atoms with Gasteiger partial charge in [0.1, 0.15) is 5.82 Å². The number of sulfone groups is 1. The van der Waals surface area contributed by atoms with Crippen molar-refractivity contribution in [3.63, 3.8) is 0 Å². The molecule has 1 aliphatic carbocycles. The van der Waals surface area contributed by atoms with Crippen molar-refractivity contribution >= 4 is 15.7 Å². The van der Waals surface area contributed by atoms with E-state index >= 15 is 0 Å². The molecule has 1 unspecified atom stereocenters. The van der Waals surface area contributed by atoms with Crippen molar-refractivity contribution in [2.75, 3.05) is 6.26 Å². The van der Waals surface area contributed by atoms with Crippen LogP contribution in [0.15, 0.2) is 53.4 Å². The number of halogens is 1. The molecule has 0 aromatic heterocycles. The first-order valence-electron chi connectivity index (χ1n) is 8.71. The first-order chi connectivity index (χ1) is 12.3. The Labute approximate surface area is 153 Å². The summed E-state index contributed by atoms with van der Waals surface area (Å²) in [5, 5.41) is 3.06. The van der Waals surface area contributed by atoms with Gasteiger partial charge in [-0.2, -0.15) is 0 Å². The van der Waals surface area contributed by atoms with Crippen LogP contribution in [0.4, 0.5) is 4.39 Å². The maximum Gasteiger partial charge on any atom is 0.251 e. The van der Waals surface area contributed by atoms with Crippen LogP contribution in [0.25, 0.3) is 0 Å². The van der Waals surface area contributed by atoms with E-state index in [0.717, 1.165) is 37.5 Å². The SMILES string of the molecule is CS(=O)(=O)c1ccc(C(=O)NC(c2ccc(F)cc2)C2CCCC2)cc1. The van der Waals surface area contributed by atoms with Gasteiger partial charge in [0, 0.05) is 11.8 Å². The lowest BCUT2D eigenvalue weighted by molar-refractivity contribution is 0.0921. The molecule has 0 spiro atoms. The van der Waals surface area contributed by atoms with E-state index < -0.39 is 9.84 Å². The second kappa shape index (κ2) is 7.58. The number of amides is 1. The normalized spacial score (nSPS) is 16.4. The van der Waals surface area contributed by atoms with Gasteiger partial charge in [-0.1, -0.05) is 25.0 Å². The fourth-order valence-corrected chi connectivity index (χ4v) is 4.14. The van der Waals surface area contributed by atoms with Gasteiger partial charge in [0.25, 0.3) is 5.91 Å². The molecule has 1 fully saturated rings. The van der Waals surface area contributed by atoms with Gasteiger partial charge in [-0.25, -0.2) is 12.8 Å². The van der Waals surface area contributed by atoms with E-state index in [1.807, 2.05) is 0 Å². The van der Waals surface area contributed by atoms with Crippen molar-refractivity contribution in [1.29, 1.82) is 0 Å². The highest BCUT2D eigenvalue weighted by Gasteiger charge is 2.28.